The van der Waals surface area contributed by atoms with Crippen LogP contribution >= 0.6 is 0 Å². The quantitative estimate of drug-likeness (QED) is 0.646. The van der Waals surface area contributed by atoms with Gasteiger partial charge in [0, 0.05) is 12.1 Å². The van der Waals surface area contributed by atoms with Gasteiger partial charge in [0.25, 0.3) is 0 Å². The zero-order valence-electron chi connectivity index (χ0n) is 10.7. The van der Waals surface area contributed by atoms with Crippen LogP contribution in [0.2, 0.25) is 0 Å². The molecule has 86 valence electrons. The molecule has 0 aromatic rings. The Hall–Kier alpha value is -0.0800. The molecule has 1 N–H and O–H groups in total. The summed E-state index contributed by atoms with van der Waals surface area (Å²) in [6.07, 6.45) is 4.18. The topological polar surface area (TPSA) is 15.3 Å². The molecule has 2 aliphatic rings. The van der Waals surface area contributed by atoms with Crippen LogP contribution in [0.1, 0.15) is 47.0 Å². The maximum absolute atomic E-state index is 3.55. The molecule has 2 rings (SSSR count). The van der Waals surface area contributed by atoms with Gasteiger partial charge in [-0.15, -0.1) is 0 Å². The summed E-state index contributed by atoms with van der Waals surface area (Å²) in [6, 6.07) is 0. The fourth-order valence-electron chi connectivity index (χ4n) is 2.19. The fraction of sp³-hybridized carbons (Fsp3) is 1.00. The van der Waals surface area contributed by atoms with E-state index in [-0.39, 0.29) is 0 Å². The molecule has 0 aromatic carbocycles. The SMILES string of the molecule is CC.CC.CN1CCCC2(CCN2)C1. The van der Waals surface area contributed by atoms with E-state index in [2.05, 4.69) is 17.3 Å². The first-order valence-corrected chi connectivity index (χ1v) is 6.24. The molecule has 2 heterocycles. The number of nitrogens with zero attached hydrogens (tertiary/aromatic N) is 1. The zero-order valence-corrected chi connectivity index (χ0v) is 10.7. The number of piperidine rings is 1. The van der Waals surface area contributed by atoms with E-state index in [9.17, 15) is 0 Å². The van der Waals surface area contributed by atoms with Crippen LogP contribution in [0.5, 0.6) is 0 Å². The third kappa shape index (κ3) is 3.58. The first-order chi connectivity index (χ1) is 6.81. The first-order valence-electron chi connectivity index (χ1n) is 6.24. The van der Waals surface area contributed by atoms with E-state index in [4.69, 9.17) is 0 Å². The lowest BCUT2D eigenvalue weighted by Crippen LogP contribution is -2.64. The molecule has 14 heavy (non-hydrogen) atoms. The van der Waals surface area contributed by atoms with Gasteiger partial charge in [-0.1, -0.05) is 27.7 Å². The van der Waals surface area contributed by atoms with Gasteiger partial charge < -0.3 is 10.2 Å². The van der Waals surface area contributed by atoms with Crippen molar-refractivity contribution in [1.82, 2.24) is 10.2 Å². The average Bonchev–Trinajstić information content (AvgIpc) is 2.22. The van der Waals surface area contributed by atoms with Crippen molar-refractivity contribution in [2.24, 2.45) is 0 Å². The van der Waals surface area contributed by atoms with Gasteiger partial charge in [0.2, 0.25) is 0 Å². The molecule has 2 aliphatic heterocycles. The second kappa shape index (κ2) is 7.24. The summed E-state index contributed by atoms with van der Waals surface area (Å²) in [6.45, 7) is 11.8. The maximum atomic E-state index is 3.55. The monoisotopic (exact) mass is 200 g/mol. The number of hydrogen-bond acceptors (Lipinski definition) is 2. The molecule has 0 amide bonds. The Bertz CT molecular complexity index is 130. The van der Waals surface area contributed by atoms with Crippen molar-refractivity contribution in [3.05, 3.63) is 0 Å². The Morgan fingerprint density at radius 1 is 1.07 bits per heavy atom. The summed E-state index contributed by atoms with van der Waals surface area (Å²) in [5, 5.41) is 3.55. The summed E-state index contributed by atoms with van der Waals surface area (Å²) in [5.41, 5.74) is 0.549. The van der Waals surface area contributed by atoms with Crippen molar-refractivity contribution in [2.75, 3.05) is 26.7 Å². The fourth-order valence-corrected chi connectivity index (χ4v) is 2.19. The predicted octanol–water partition coefficient (Wildman–Crippen LogP) is 2.50. The van der Waals surface area contributed by atoms with Crippen molar-refractivity contribution >= 4 is 0 Å². The van der Waals surface area contributed by atoms with E-state index in [0.29, 0.717) is 5.54 Å². The molecule has 2 heteroatoms. The Balaban J connectivity index is 0.000000379. The van der Waals surface area contributed by atoms with Gasteiger partial charge in [-0.2, -0.15) is 0 Å². The van der Waals surface area contributed by atoms with Crippen LogP contribution in [-0.2, 0) is 0 Å². The summed E-state index contributed by atoms with van der Waals surface area (Å²) in [5.74, 6) is 0. The third-order valence-electron chi connectivity index (χ3n) is 2.87. The normalized spacial score (nSPS) is 30.6. The van der Waals surface area contributed by atoms with Gasteiger partial charge in [0.1, 0.15) is 0 Å². The highest BCUT2D eigenvalue weighted by atomic mass is 15.2. The number of rotatable bonds is 0. The van der Waals surface area contributed by atoms with Crippen LogP contribution in [0.3, 0.4) is 0 Å². The van der Waals surface area contributed by atoms with Crippen LogP contribution in [0, 0.1) is 0 Å². The molecule has 2 saturated heterocycles. The Kier molecular flexibility index (Phi) is 7.20. The molecule has 0 saturated carbocycles. The summed E-state index contributed by atoms with van der Waals surface area (Å²) in [4.78, 5) is 2.44. The summed E-state index contributed by atoms with van der Waals surface area (Å²) in [7, 11) is 2.22. The Morgan fingerprint density at radius 2 is 1.64 bits per heavy atom. The van der Waals surface area contributed by atoms with Crippen LogP contribution in [0.4, 0.5) is 0 Å². The zero-order chi connectivity index (χ0) is 11.0. The van der Waals surface area contributed by atoms with E-state index in [1.54, 1.807) is 0 Å². The van der Waals surface area contributed by atoms with Crippen LogP contribution in [0.25, 0.3) is 0 Å². The number of hydrogen-bond donors (Lipinski definition) is 1. The van der Waals surface area contributed by atoms with Crippen molar-refractivity contribution in [2.45, 2.75) is 52.5 Å². The van der Waals surface area contributed by atoms with E-state index in [0.717, 1.165) is 0 Å². The van der Waals surface area contributed by atoms with E-state index < -0.39 is 0 Å². The molecule has 1 unspecified atom stereocenters. The second-order valence-electron chi connectivity index (χ2n) is 3.80. The number of likely N-dealkylation sites (tertiary alicyclic amines) is 1. The van der Waals surface area contributed by atoms with Crippen molar-refractivity contribution in [1.29, 1.82) is 0 Å². The van der Waals surface area contributed by atoms with E-state index >= 15 is 0 Å². The number of nitrogens with one attached hydrogen (secondary N) is 1. The predicted molar refractivity (Wildman–Crippen MR) is 64.8 cm³/mol. The van der Waals surface area contributed by atoms with Gasteiger partial charge in [-0.05, 0) is 39.4 Å². The van der Waals surface area contributed by atoms with Crippen molar-refractivity contribution < 1.29 is 0 Å². The molecule has 0 bridgehead atoms. The first kappa shape index (κ1) is 13.9. The van der Waals surface area contributed by atoms with Crippen LogP contribution in [-0.4, -0.2) is 37.1 Å². The number of likely N-dealkylation sites (N-methyl/N-ethyl adjacent to an activating group) is 1. The molecule has 1 atom stereocenters. The minimum absolute atomic E-state index is 0.549. The minimum Gasteiger partial charge on any atom is -0.310 e. The highest BCUT2D eigenvalue weighted by Gasteiger charge is 2.38. The summed E-state index contributed by atoms with van der Waals surface area (Å²) < 4.78 is 0. The highest BCUT2D eigenvalue weighted by molar-refractivity contribution is 5.00. The van der Waals surface area contributed by atoms with Crippen LogP contribution < -0.4 is 5.32 Å². The molecule has 2 fully saturated rings. The lowest BCUT2D eigenvalue weighted by Gasteiger charge is -2.49. The molecule has 1 spiro atoms. The van der Waals surface area contributed by atoms with Gasteiger partial charge in [-0.25, -0.2) is 0 Å². The van der Waals surface area contributed by atoms with Gasteiger partial charge >= 0.3 is 0 Å². The smallest absolute Gasteiger partial charge is 0.0321 e. The van der Waals surface area contributed by atoms with Gasteiger partial charge in [0.15, 0.2) is 0 Å². The third-order valence-corrected chi connectivity index (χ3v) is 2.87. The minimum atomic E-state index is 0.549. The Labute approximate surface area is 90.1 Å². The van der Waals surface area contributed by atoms with Gasteiger partial charge in [-0.3, -0.25) is 0 Å². The van der Waals surface area contributed by atoms with E-state index in [1.165, 1.54) is 38.9 Å². The summed E-state index contributed by atoms with van der Waals surface area (Å²) >= 11 is 0. The molecular formula is C12H28N2. The van der Waals surface area contributed by atoms with Crippen molar-refractivity contribution in [3.8, 4) is 0 Å². The molecule has 0 aliphatic carbocycles. The maximum Gasteiger partial charge on any atom is 0.0321 e. The van der Waals surface area contributed by atoms with Crippen LogP contribution in [0.15, 0.2) is 0 Å². The largest absolute Gasteiger partial charge is 0.310 e. The molecule has 0 radical (unpaired) electrons. The standard InChI is InChI=1S/C8H16N2.2C2H6/c1-10-6-2-3-8(7-10)4-5-9-8;2*1-2/h9H,2-7H2,1H3;2*1-2H3. The average molecular weight is 200 g/mol. The lowest BCUT2D eigenvalue weighted by atomic mass is 9.80. The molecule has 2 nitrogen and oxygen atoms in total. The second-order valence-corrected chi connectivity index (χ2v) is 3.80. The Morgan fingerprint density at radius 3 is 1.93 bits per heavy atom. The lowest BCUT2D eigenvalue weighted by molar-refractivity contribution is 0.0877. The van der Waals surface area contributed by atoms with Crippen molar-refractivity contribution in [3.63, 3.8) is 0 Å². The highest BCUT2D eigenvalue weighted by Crippen LogP contribution is 2.28. The van der Waals surface area contributed by atoms with Gasteiger partial charge in [0.05, 0.1) is 0 Å². The molecular weight excluding hydrogens is 172 g/mol. The molecule has 0 aromatic heterocycles. The van der Waals surface area contributed by atoms with E-state index in [1.807, 2.05) is 27.7 Å².